The number of aromatic nitrogens is 1. The molecule has 7 heteroatoms. The average molecular weight is 444 g/mol. The van der Waals surface area contributed by atoms with Gasteiger partial charge in [-0.25, -0.2) is 4.99 Å². The maximum atomic E-state index is 13.6. The fourth-order valence-corrected chi connectivity index (χ4v) is 5.08. The molecule has 1 aromatic heterocycles. The smallest absolute Gasteiger partial charge is 0.261 e. The molecule has 5 rings (SSSR count). The zero-order chi connectivity index (χ0) is 23.2. The Balaban J connectivity index is 1.39. The van der Waals surface area contributed by atoms with Gasteiger partial charge in [0.05, 0.1) is 0 Å². The van der Waals surface area contributed by atoms with Gasteiger partial charge in [0.2, 0.25) is 5.91 Å². The Labute approximate surface area is 193 Å². The number of hydrogen-bond acceptors (Lipinski definition) is 4. The normalized spacial score (nSPS) is 21.6. The molecule has 1 atom stereocenters. The van der Waals surface area contributed by atoms with E-state index in [1.54, 1.807) is 11.8 Å². The fourth-order valence-electron chi connectivity index (χ4n) is 5.08. The lowest BCUT2D eigenvalue weighted by molar-refractivity contribution is -0.133. The first kappa shape index (κ1) is 21.2. The van der Waals surface area contributed by atoms with E-state index in [-0.39, 0.29) is 17.8 Å². The number of carbonyl (C=O) groups is 2. The monoisotopic (exact) mass is 443 g/mol. The first-order chi connectivity index (χ1) is 15.9. The molecule has 1 saturated heterocycles. The van der Waals surface area contributed by atoms with Gasteiger partial charge in [-0.2, -0.15) is 0 Å². The summed E-state index contributed by atoms with van der Waals surface area (Å²) < 4.78 is 0. The third kappa shape index (κ3) is 3.67. The summed E-state index contributed by atoms with van der Waals surface area (Å²) in [5.74, 6) is 0.591. The van der Waals surface area contributed by atoms with Crippen molar-refractivity contribution >= 4 is 28.7 Å². The Morgan fingerprint density at radius 1 is 1.18 bits per heavy atom. The van der Waals surface area contributed by atoms with Crippen LogP contribution >= 0.6 is 0 Å². The molecule has 2 aromatic carbocycles. The quantitative estimate of drug-likeness (QED) is 0.646. The van der Waals surface area contributed by atoms with Crippen molar-refractivity contribution in [2.75, 3.05) is 19.6 Å². The largest absolute Gasteiger partial charge is 0.369 e. The summed E-state index contributed by atoms with van der Waals surface area (Å²) in [5.41, 5.74) is 9.27. The van der Waals surface area contributed by atoms with Crippen LogP contribution in [0.15, 0.2) is 59.7 Å². The molecule has 3 heterocycles. The van der Waals surface area contributed by atoms with Gasteiger partial charge in [0.25, 0.3) is 5.91 Å². The molecular formula is C26H29N5O2. The summed E-state index contributed by atoms with van der Waals surface area (Å²) in [5, 5.41) is 1.14. The third-order valence-corrected chi connectivity index (χ3v) is 7.11. The Kier molecular flexibility index (Phi) is 5.19. The van der Waals surface area contributed by atoms with E-state index in [0.717, 1.165) is 53.5 Å². The summed E-state index contributed by atoms with van der Waals surface area (Å²) >= 11 is 0. The third-order valence-electron chi connectivity index (χ3n) is 7.11. The molecule has 7 nitrogen and oxygen atoms in total. The zero-order valence-electron chi connectivity index (χ0n) is 19.0. The van der Waals surface area contributed by atoms with Crippen molar-refractivity contribution in [3.63, 3.8) is 0 Å². The lowest BCUT2D eigenvalue weighted by Crippen LogP contribution is -2.46. The van der Waals surface area contributed by atoms with Crippen LogP contribution in [0.1, 0.15) is 32.3 Å². The van der Waals surface area contributed by atoms with Crippen LogP contribution in [-0.2, 0) is 15.1 Å². The second kappa shape index (κ2) is 8.06. The van der Waals surface area contributed by atoms with Crippen molar-refractivity contribution in [1.82, 2.24) is 14.8 Å². The maximum absolute atomic E-state index is 13.6. The van der Waals surface area contributed by atoms with Gasteiger partial charge in [-0.1, -0.05) is 30.3 Å². The number of benzene rings is 2. The second-order valence-corrected chi connectivity index (χ2v) is 9.23. The van der Waals surface area contributed by atoms with E-state index in [4.69, 9.17) is 5.73 Å². The van der Waals surface area contributed by atoms with Crippen LogP contribution < -0.4 is 5.73 Å². The van der Waals surface area contributed by atoms with E-state index >= 15 is 0 Å². The number of nitrogens with two attached hydrogens (primary N) is 1. The number of guanidine groups is 1. The SMILES string of the molecule is CC(=O)N1CCC(CN2C(=O)[C@@](C)(c3cccc(-c4cccc5[nH]ccc45)c3)N=C2N)CC1. The summed E-state index contributed by atoms with van der Waals surface area (Å²) in [4.78, 5) is 36.6. The molecular weight excluding hydrogens is 414 g/mol. The minimum atomic E-state index is -1.05. The van der Waals surface area contributed by atoms with E-state index in [0.29, 0.717) is 12.5 Å². The zero-order valence-corrected chi connectivity index (χ0v) is 19.0. The highest BCUT2D eigenvalue weighted by molar-refractivity contribution is 6.07. The molecule has 0 bridgehead atoms. The molecule has 0 spiro atoms. The lowest BCUT2D eigenvalue weighted by Gasteiger charge is -2.33. The van der Waals surface area contributed by atoms with Crippen molar-refractivity contribution in [2.45, 2.75) is 32.2 Å². The van der Waals surface area contributed by atoms with E-state index < -0.39 is 5.54 Å². The number of likely N-dealkylation sites (tertiary alicyclic amines) is 1. The van der Waals surface area contributed by atoms with Crippen molar-refractivity contribution in [1.29, 1.82) is 0 Å². The predicted molar refractivity (Wildman–Crippen MR) is 129 cm³/mol. The Morgan fingerprint density at radius 2 is 1.94 bits per heavy atom. The van der Waals surface area contributed by atoms with Crippen LogP contribution in [0.3, 0.4) is 0 Å². The second-order valence-electron chi connectivity index (χ2n) is 9.23. The number of amides is 2. The van der Waals surface area contributed by atoms with Crippen LogP contribution in [0.2, 0.25) is 0 Å². The summed E-state index contributed by atoms with van der Waals surface area (Å²) in [6.07, 6.45) is 3.66. The summed E-state index contributed by atoms with van der Waals surface area (Å²) in [7, 11) is 0. The lowest BCUT2D eigenvalue weighted by atomic mass is 9.88. The van der Waals surface area contributed by atoms with Crippen molar-refractivity contribution in [3.8, 4) is 11.1 Å². The minimum absolute atomic E-state index is 0.0917. The molecule has 2 amide bonds. The molecule has 3 N–H and O–H groups in total. The number of aromatic amines is 1. The fraction of sp³-hybridized carbons (Fsp3) is 0.346. The molecule has 3 aromatic rings. The van der Waals surface area contributed by atoms with Gasteiger partial charge in [-0.3, -0.25) is 14.5 Å². The number of H-pyrrole nitrogens is 1. The van der Waals surface area contributed by atoms with E-state index in [1.165, 1.54) is 0 Å². The molecule has 0 radical (unpaired) electrons. The van der Waals surface area contributed by atoms with E-state index in [1.807, 2.05) is 48.4 Å². The van der Waals surface area contributed by atoms with E-state index in [2.05, 4.69) is 28.2 Å². The van der Waals surface area contributed by atoms with Crippen molar-refractivity contribution < 1.29 is 9.59 Å². The van der Waals surface area contributed by atoms with Gasteiger partial charge >= 0.3 is 0 Å². The maximum Gasteiger partial charge on any atom is 0.261 e. The van der Waals surface area contributed by atoms with Crippen LogP contribution in [0, 0.1) is 5.92 Å². The van der Waals surface area contributed by atoms with Gasteiger partial charge < -0.3 is 15.6 Å². The molecule has 0 unspecified atom stereocenters. The van der Waals surface area contributed by atoms with Crippen LogP contribution in [0.5, 0.6) is 0 Å². The number of aliphatic imine (C=N–C) groups is 1. The molecule has 2 aliphatic heterocycles. The number of hydrogen-bond donors (Lipinski definition) is 2. The Bertz CT molecular complexity index is 1250. The van der Waals surface area contributed by atoms with Gasteiger partial charge in [0, 0.05) is 43.7 Å². The number of rotatable bonds is 4. The van der Waals surface area contributed by atoms with Crippen LogP contribution in [0.25, 0.3) is 22.0 Å². The topological polar surface area (TPSA) is 94.8 Å². The molecule has 170 valence electrons. The molecule has 0 aliphatic carbocycles. The molecule has 33 heavy (non-hydrogen) atoms. The Morgan fingerprint density at radius 3 is 2.70 bits per heavy atom. The molecule has 0 saturated carbocycles. The first-order valence-electron chi connectivity index (χ1n) is 11.5. The van der Waals surface area contributed by atoms with E-state index in [9.17, 15) is 9.59 Å². The van der Waals surface area contributed by atoms with Crippen LogP contribution in [0.4, 0.5) is 0 Å². The highest BCUT2D eigenvalue weighted by atomic mass is 16.2. The number of carbonyl (C=O) groups excluding carboxylic acids is 2. The molecule has 2 aliphatic rings. The standard InChI is InChI=1S/C26H29N5O2/c1-17(32)30-13-10-18(11-14-30)16-31-24(33)26(2,29-25(31)27)20-6-3-5-19(15-20)21-7-4-8-23-22(21)9-12-28-23/h3-9,12,15,18,28H,10-11,13-14,16H2,1-2H3,(H2,27,29)/t26-/m1/s1. The first-order valence-corrected chi connectivity index (χ1v) is 11.5. The van der Waals surface area contributed by atoms with Gasteiger partial charge in [0.15, 0.2) is 11.5 Å². The number of fused-ring (bicyclic) bond motifs is 1. The number of piperidine rings is 1. The van der Waals surface area contributed by atoms with Crippen LogP contribution in [-0.4, -0.2) is 52.2 Å². The number of nitrogens with zero attached hydrogens (tertiary/aromatic N) is 3. The molecule has 1 fully saturated rings. The van der Waals surface area contributed by atoms with Gasteiger partial charge in [0.1, 0.15) is 0 Å². The van der Waals surface area contributed by atoms with Gasteiger partial charge in [-0.15, -0.1) is 0 Å². The average Bonchev–Trinajstić information content (AvgIpc) is 3.38. The summed E-state index contributed by atoms with van der Waals surface area (Å²) in [6, 6.07) is 16.3. The predicted octanol–water partition coefficient (Wildman–Crippen LogP) is 3.47. The minimum Gasteiger partial charge on any atom is -0.369 e. The Hall–Kier alpha value is -3.61. The highest BCUT2D eigenvalue weighted by Gasteiger charge is 2.46. The number of nitrogens with one attached hydrogen (secondary N) is 1. The van der Waals surface area contributed by atoms with Crippen molar-refractivity contribution in [3.05, 3.63) is 60.3 Å². The van der Waals surface area contributed by atoms with Crippen molar-refractivity contribution in [2.24, 2.45) is 16.6 Å². The highest BCUT2D eigenvalue weighted by Crippen LogP contribution is 2.37. The van der Waals surface area contributed by atoms with Gasteiger partial charge in [-0.05, 0) is 60.6 Å². The summed E-state index contributed by atoms with van der Waals surface area (Å²) in [6.45, 7) is 5.44.